The van der Waals surface area contributed by atoms with Crippen LogP contribution in [0.25, 0.3) is 0 Å². The van der Waals surface area contributed by atoms with Crippen LogP contribution in [0.5, 0.6) is 23.0 Å². The molecule has 2 aliphatic rings. The van der Waals surface area contributed by atoms with Crippen molar-refractivity contribution in [2.24, 2.45) is 0 Å². The van der Waals surface area contributed by atoms with Crippen molar-refractivity contribution < 1.29 is 28.5 Å². The first kappa shape index (κ1) is 21.8. The summed E-state index contributed by atoms with van der Waals surface area (Å²) in [5, 5.41) is 2.88. The number of benzene rings is 2. The number of nitrogens with one attached hydrogen (secondary N) is 1. The highest BCUT2D eigenvalue weighted by Gasteiger charge is 2.24. The Morgan fingerprint density at radius 1 is 0.969 bits per heavy atom. The molecule has 1 saturated heterocycles. The van der Waals surface area contributed by atoms with Crippen LogP contribution in [0.4, 0.5) is 5.69 Å². The van der Waals surface area contributed by atoms with Crippen LogP contribution >= 0.6 is 0 Å². The van der Waals surface area contributed by atoms with Crippen molar-refractivity contribution in [3.63, 3.8) is 0 Å². The van der Waals surface area contributed by atoms with E-state index in [1.165, 1.54) is 7.11 Å². The van der Waals surface area contributed by atoms with E-state index in [1.54, 1.807) is 19.2 Å². The molecule has 4 rings (SSSR count). The largest absolute Gasteiger partial charge is 0.496 e. The van der Waals surface area contributed by atoms with E-state index in [9.17, 15) is 9.59 Å². The topological polar surface area (TPSA) is 89.6 Å². The van der Waals surface area contributed by atoms with Gasteiger partial charge in [0.1, 0.15) is 11.5 Å². The van der Waals surface area contributed by atoms with Gasteiger partial charge in [-0.2, -0.15) is 0 Å². The molecule has 1 fully saturated rings. The summed E-state index contributed by atoms with van der Waals surface area (Å²) in [4.78, 5) is 29.2. The molecule has 2 heterocycles. The Kier molecular flexibility index (Phi) is 6.65. The summed E-state index contributed by atoms with van der Waals surface area (Å²) < 4.78 is 21.4. The first-order chi connectivity index (χ1) is 15.6. The summed E-state index contributed by atoms with van der Waals surface area (Å²) in [7, 11) is 3.14. The van der Waals surface area contributed by atoms with Gasteiger partial charge in [0, 0.05) is 43.9 Å². The maximum absolute atomic E-state index is 12.7. The molecule has 1 N–H and O–H groups in total. The third kappa shape index (κ3) is 4.88. The van der Waals surface area contributed by atoms with Gasteiger partial charge in [-0.05, 0) is 6.07 Å². The van der Waals surface area contributed by atoms with Gasteiger partial charge in [-0.3, -0.25) is 14.5 Å². The molecule has 0 unspecified atom stereocenters. The zero-order chi connectivity index (χ0) is 22.5. The lowest BCUT2D eigenvalue weighted by atomic mass is 10.1. The van der Waals surface area contributed by atoms with Crippen LogP contribution < -0.4 is 24.3 Å². The maximum Gasteiger partial charge on any atom is 0.238 e. The van der Waals surface area contributed by atoms with Crippen LogP contribution in [0, 0.1) is 0 Å². The Balaban J connectivity index is 1.28. The van der Waals surface area contributed by atoms with Gasteiger partial charge >= 0.3 is 0 Å². The van der Waals surface area contributed by atoms with Gasteiger partial charge in [0.05, 0.1) is 32.9 Å². The van der Waals surface area contributed by atoms with Gasteiger partial charge < -0.3 is 29.2 Å². The molecule has 0 spiro atoms. The number of hydrogen-bond acceptors (Lipinski definition) is 7. The second-order valence-corrected chi connectivity index (χ2v) is 7.60. The fourth-order valence-electron chi connectivity index (χ4n) is 3.86. The zero-order valence-electron chi connectivity index (χ0n) is 18.3. The average molecular weight is 441 g/mol. The number of para-hydroxylation sites is 1. The molecule has 2 aromatic carbocycles. The lowest BCUT2D eigenvalue weighted by Crippen LogP contribution is -2.50. The van der Waals surface area contributed by atoms with Crippen molar-refractivity contribution in [1.82, 2.24) is 9.80 Å². The number of piperazine rings is 1. The van der Waals surface area contributed by atoms with E-state index in [-0.39, 0.29) is 25.2 Å². The van der Waals surface area contributed by atoms with Gasteiger partial charge in [-0.1, -0.05) is 18.2 Å². The summed E-state index contributed by atoms with van der Waals surface area (Å²) in [5.41, 5.74) is 1.41. The monoisotopic (exact) mass is 441 g/mol. The highest BCUT2D eigenvalue weighted by Crippen LogP contribution is 2.40. The van der Waals surface area contributed by atoms with E-state index in [0.717, 1.165) is 11.3 Å². The minimum Gasteiger partial charge on any atom is -0.496 e. The molecule has 0 aliphatic carbocycles. The number of fused-ring (bicyclic) bond motifs is 1. The van der Waals surface area contributed by atoms with E-state index in [0.29, 0.717) is 55.5 Å². The first-order valence-corrected chi connectivity index (χ1v) is 10.5. The molecular formula is C23H27N3O6. The third-order valence-corrected chi connectivity index (χ3v) is 5.60. The second-order valence-electron chi connectivity index (χ2n) is 7.60. The smallest absolute Gasteiger partial charge is 0.238 e. The summed E-state index contributed by atoms with van der Waals surface area (Å²) in [6, 6.07) is 10.9. The van der Waals surface area contributed by atoms with Crippen molar-refractivity contribution in [2.75, 3.05) is 59.1 Å². The molecule has 0 radical (unpaired) electrons. The Morgan fingerprint density at radius 2 is 1.66 bits per heavy atom. The van der Waals surface area contributed by atoms with Gasteiger partial charge in [0.25, 0.3) is 0 Å². The number of carbonyl (C=O) groups is 2. The number of rotatable bonds is 7. The van der Waals surface area contributed by atoms with Crippen LogP contribution in [0.2, 0.25) is 0 Å². The van der Waals surface area contributed by atoms with E-state index >= 15 is 0 Å². The number of amides is 2. The molecule has 0 aromatic heterocycles. The van der Waals surface area contributed by atoms with Gasteiger partial charge in [-0.15, -0.1) is 0 Å². The number of anilines is 1. The molecule has 2 amide bonds. The molecule has 9 heteroatoms. The molecule has 0 saturated carbocycles. The lowest BCUT2D eigenvalue weighted by molar-refractivity contribution is -0.132. The third-order valence-electron chi connectivity index (χ3n) is 5.60. The van der Waals surface area contributed by atoms with Crippen LogP contribution in [0.1, 0.15) is 5.56 Å². The van der Waals surface area contributed by atoms with Gasteiger partial charge in [0.15, 0.2) is 11.5 Å². The van der Waals surface area contributed by atoms with Crippen molar-refractivity contribution >= 4 is 17.5 Å². The number of ether oxygens (including phenoxy) is 4. The van der Waals surface area contributed by atoms with Crippen molar-refractivity contribution in [3.05, 3.63) is 42.0 Å². The lowest BCUT2D eigenvalue weighted by Gasteiger charge is -2.34. The number of nitrogens with zero attached hydrogens (tertiary/aromatic N) is 2. The number of hydrogen-bond donors (Lipinski definition) is 1. The highest BCUT2D eigenvalue weighted by molar-refractivity contribution is 5.94. The predicted octanol–water partition coefficient (Wildman–Crippen LogP) is 1.76. The predicted molar refractivity (Wildman–Crippen MR) is 117 cm³/mol. The summed E-state index contributed by atoms with van der Waals surface area (Å²) in [5.74, 6) is 2.29. The Labute approximate surface area is 186 Å². The Hall–Kier alpha value is -3.46. The normalized spacial score (nSPS) is 15.4. The first-order valence-electron chi connectivity index (χ1n) is 10.5. The Morgan fingerprint density at radius 3 is 2.38 bits per heavy atom. The van der Waals surface area contributed by atoms with Crippen LogP contribution in [0.15, 0.2) is 36.4 Å². The molecular weight excluding hydrogens is 414 g/mol. The summed E-state index contributed by atoms with van der Waals surface area (Å²) >= 11 is 0. The van der Waals surface area contributed by atoms with Gasteiger partial charge in [0.2, 0.25) is 18.6 Å². The van der Waals surface area contributed by atoms with Crippen LogP contribution in [-0.2, 0) is 16.0 Å². The fraction of sp³-hybridized carbons (Fsp3) is 0.391. The molecule has 9 nitrogen and oxygen atoms in total. The average Bonchev–Trinajstić information content (AvgIpc) is 3.26. The van der Waals surface area contributed by atoms with E-state index < -0.39 is 0 Å². The summed E-state index contributed by atoms with van der Waals surface area (Å²) in [6.07, 6.45) is 0.300. The van der Waals surface area contributed by atoms with Crippen molar-refractivity contribution in [1.29, 1.82) is 0 Å². The quantitative estimate of drug-likeness (QED) is 0.700. The SMILES string of the molecule is COc1ccccc1CC(=O)N1CCN(CC(=O)Nc2cc3c(cc2OC)OCO3)CC1. The number of carbonyl (C=O) groups excluding carboxylic acids is 2. The maximum atomic E-state index is 12.7. The van der Waals surface area contributed by atoms with Crippen molar-refractivity contribution in [3.8, 4) is 23.0 Å². The minimum atomic E-state index is -0.157. The molecule has 2 aliphatic heterocycles. The Bertz CT molecular complexity index is 988. The number of methoxy groups -OCH3 is 2. The summed E-state index contributed by atoms with van der Waals surface area (Å²) in [6.45, 7) is 2.79. The molecule has 170 valence electrons. The second kappa shape index (κ2) is 9.78. The fourth-order valence-corrected chi connectivity index (χ4v) is 3.86. The van der Waals surface area contributed by atoms with Crippen LogP contribution in [-0.4, -0.2) is 75.4 Å². The van der Waals surface area contributed by atoms with E-state index in [4.69, 9.17) is 18.9 Å². The molecule has 0 bridgehead atoms. The minimum absolute atomic E-state index is 0.0590. The standard InChI is InChI=1S/C23H27N3O6/c1-29-18-6-4-3-5-16(18)11-23(28)26-9-7-25(8-10-26)14-22(27)24-17-12-20-21(32-15-31-20)13-19(17)30-2/h3-6,12-13H,7-11,14-15H2,1-2H3,(H,24,27). The van der Waals surface area contributed by atoms with Gasteiger partial charge in [-0.25, -0.2) is 0 Å². The zero-order valence-corrected chi connectivity index (χ0v) is 18.3. The van der Waals surface area contributed by atoms with Crippen LogP contribution in [0.3, 0.4) is 0 Å². The highest BCUT2D eigenvalue weighted by atomic mass is 16.7. The van der Waals surface area contributed by atoms with E-state index in [2.05, 4.69) is 5.32 Å². The molecule has 0 atom stereocenters. The molecule has 2 aromatic rings. The molecule has 32 heavy (non-hydrogen) atoms. The van der Waals surface area contributed by atoms with Crippen molar-refractivity contribution in [2.45, 2.75) is 6.42 Å². The van der Waals surface area contributed by atoms with E-state index in [1.807, 2.05) is 34.1 Å².